The summed E-state index contributed by atoms with van der Waals surface area (Å²) in [5, 5.41) is 11.9. The highest BCUT2D eigenvalue weighted by Gasteiger charge is 2.02. The van der Waals surface area contributed by atoms with E-state index < -0.39 is 0 Å². The van der Waals surface area contributed by atoms with Gasteiger partial charge in [0.25, 0.3) is 0 Å². The third-order valence-electron chi connectivity index (χ3n) is 2.01. The van der Waals surface area contributed by atoms with Crippen molar-refractivity contribution < 1.29 is 0 Å². The summed E-state index contributed by atoms with van der Waals surface area (Å²) >= 11 is 4.75. The zero-order chi connectivity index (χ0) is 11.5. The number of rotatable bonds is 3. The maximum atomic E-state index is 3.98. The first kappa shape index (κ1) is 11.3. The Morgan fingerprint density at radius 3 is 2.75 bits per heavy atom. The van der Waals surface area contributed by atoms with Gasteiger partial charge in [0.1, 0.15) is 0 Å². The second-order valence-electron chi connectivity index (χ2n) is 3.43. The summed E-state index contributed by atoms with van der Waals surface area (Å²) in [5.74, 6) is 0. The van der Waals surface area contributed by atoms with Crippen LogP contribution in [0, 0.1) is 0 Å². The van der Waals surface area contributed by atoms with Crippen LogP contribution >= 0.6 is 27.3 Å². The summed E-state index contributed by atoms with van der Waals surface area (Å²) < 4.78 is 0.777. The maximum absolute atomic E-state index is 3.98. The normalized spacial score (nSPS) is 10.2. The number of hydrogen-bond acceptors (Lipinski definition) is 5. The molecule has 0 aliphatic rings. The van der Waals surface area contributed by atoms with Crippen LogP contribution in [-0.2, 0) is 0 Å². The van der Waals surface area contributed by atoms with Gasteiger partial charge in [-0.05, 0) is 34.1 Å². The Hall–Kier alpha value is -1.14. The van der Waals surface area contributed by atoms with E-state index in [1.807, 2.05) is 26.2 Å². The molecule has 1 N–H and O–H groups in total. The van der Waals surface area contributed by atoms with Gasteiger partial charge in [0.2, 0.25) is 5.13 Å². The third kappa shape index (κ3) is 2.70. The van der Waals surface area contributed by atoms with Crippen LogP contribution < -0.4 is 10.2 Å². The van der Waals surface area contributed by atoms with E-state index in [0.717, 1.165) is 20.4 Å². The largest absolute Gasteiger partial charge is 0.378 e. The van der Waals surface area contributed by atoms with Crippen molar-refractivity contribution in [3.8, 4) is 0 Å². The van der Waals surface area contributed by atoms with Crippen LogP contribution in [0.15, 0.2) is 28.2 Å². The van der Waals surface area contributed by atoms with Crippen LogP contribution in [-0.4, -0.2) is 24.3 Å². The molecule has 84 valence electrons. The summed E-state index contributed by atoms with van der Waals surface area (Å²) in [6, 6.07) is 8.13. The van der Waals surface area contributed by atoms with E-state index in [9.17, 15) is 0 Å². The lowest BCUT2D eigenvalue weighted by molar-refractivity contribution is 1.07. The lowest BCUT2D eigenvalue weighted by atomic mass is 10.2. The Balaban J connectivity index is 2.18. The highest BCUT2D eigenvalue weighted by atomic mass is 79.9. The lowest BCUT2D eigenvalue weighted by Gasteiger charge is -2.13. The van der Waals surface area contributed by atoms with E-state index in [-0.39, 0.29) is 0 Å². The van der Waals surface area contributed by atoms with E-state index in [4.69, 9.17) is 0 Å². The molecule has 2 aromatic rings. The number of nitrogens with one attached hydrogen (secondary N) is 1. The van der Waals surface area contributed by atoms with Gasteiger partial charge in [-0.25, -0.2) is 0 Å². The molecular weight excluding hydrogens is 288 g/mol. The molecule has 16 heavy (non-hydrogen) atoms. The first-order valence-corrected chi connectivity index (χ1v) is 6.29. The fourth-order valence-corrected chi connectivity index (χ4v) is 2.27. The molecule has 6 heteroatoms. The Bertz CT molecular complexity index is 483. The van der Waals surface area contributed by atoms with Gasteiger partial charge in [0, 0.05) is 25.5 Å². The SMILES string of the molecule is CN(C)c1cccc(Nc2nnc(Br)s2)c1. The minimum absolute atomic E-state index is 0.777. The van der Waals surface area contributed by atoms with Crippen LogP contribution in [0.2, 0.25) is 0 Å². The molecule has 1 aromatic carbocycles. The Labute approximate surface area is 106 Å². The quantitative estimate of drug-likeness (QED) is 0.945. The zero-order valence-electron chi connectivity index (χ0n) is 8.94. The summed E-state index contributed by atoms with van der Waals surface area (Å²) in [6.45, 7) is 0. The molecule has 0 aliphatic heterocycles. The number of nitrogens with zero attached hydrogens (tertiary/aromatic N) is 3. The van der Waals surface area contributed by atoms with Crippen molar-refractivity contribution in [3.63, 3.8) is 0 Å². The minimum Gasteiger partial charge on any atom is -0.378 e. The Morgan fingerprint density at radius 2 is 2.12 bits per heavy atom. The van der Waals surface area contributed by atoms with Gasteiger partial charge in [0.05, 0.1) is 0 Å². The van der Waals surface area contributed by atoms with Gasteiger partial charge in [-0.2, -0.15) is 0 Å². The second kappa shape index (κ2) is 4.80. The van der Waals surface area contributed by atoms with Crippen molar-refractivity contribution in [2.45, 2.75) is 0 Å². The van der Waals surface area contributed by atoms with Crippen molar-refractivity contribution >= 4 is 43.8 Å². The summed E-state index contributed by atoms with van der Waals surface area (Å²) in [4.78, 5) is 2.06. The number of benzene rings is 1. The van der Waals surface area contributed by atoms with Gasteiger partial charge in [-0.3, -0.25) is 0 Å². The van der Waals surface area contributed by atoms with Crippen LogP contribution in [0.25, 0.3) is 0 Å². The fraction of sp³-hybridized carbons (Fsp3) is 0.200. The zero-order valence-corrected chi connectivity index (χ0v) is 11.3. The van der Waals surface area contributed by atoms with Gasteiger partial charge in [-0.1, -0.05) is 17.4 Å². The highest BCUT2D eigenvalue weighted by molar-refractivity contribution is 9.11. The minimum atomic E-state index is 0.777. The Kier molecular flexibility index (Phi) is 3.40. The molecule has 0 unspecified atom stereocenters. The maximum Gasteiger partial charge on any atom is 0.210 e. The van der Waals surface area contributed by atoms with Crippen LogP contribution in [0.1, 0.15) is 0 Å². The molecule has 4 nitrogen and oxygen atoms in total. The molecule has 0 bridgehead atoms. The molecule has 0 saturated carbocycles. The Morgan fingerprint density at radius 1 is 1.31 bits per heavy atom. The predicted octanol–water partition coefficient (Wildman–Crippen LogP) is 3.11. The van der Waals surface area contributed by atoms with Crippen molar-refractivity contribution in [3.05, 3.63) is 28.2 Å². The van der Waals surface area contributed by atoms with Gasteiger partial charge >= 0.3 is 0 Å². The number of aromatic nitrogens is 2. The van der Waals surface area contributed by atoms with Crippen molar-refractivity contribution in [1.82, 2.24) is 10.2 Å². The van der Waals surface area contributed by atoms with Crippen LogP contribution in [0.4, 0.5) is 16.5 Å². The standard InChI is InChI=1S/C10H11BrN4S/c1-15(2)8-5-3-4-7(6-8)12-10-14-13-9(11)16-10/h3-6H,1-2H3,(H,12,14). The van der Waals surface area contributed by atoms with Crippen LogP contribution in [0.3, 0.4) is 0 Å². The second-order valence-corrected chi connectivity index (χ2v) is 5.68. The molecule has 0 aliphatic carbocycles. The summed E-state index contributed by atoms with van der Waals surface area (Å²) in [7, 11) is 4.03. The van der Waals surface area contributed by atoms with Crippen molar-refractivity contribution in [2.24, 2.45) is 0 Å². The van der Waals surface area contributed by atoms with Crippen LogP contribution in [0.5, 0.6) is 0 Å². The van der Waals surface area contributed by atoms with E-state index in [1.165, 1.54) is 11.3 Å². The van der Waals surface area contributed by atoms with Crippen molar-refractivity contribution in [2.75, 3.05) is 24.3 Å². The van der Waals surface area contributed by atoms with E-state index in [1.54, 1.807) is 0 Å². The molecule has 0 fully saturated rings. The van der Waals surface area contributed by atoms with E-state index in [0.29, 0.717) is 0 Å². The topological polar surface area (TPSA) is 41.0 Å². The summed E-state index contributed by atoms with van der Waals surface area (Å²) in [5.41, 5.74) is 2.16. The highest BCUT2D eigenvalue weighted by Crippen LogP contribution is 2.25. The molecule has 1 heterocycles. The predicted molar refractivity (Wildman–Crippen MR) is 71.7 cm³/mol. The van der Waals surface area contributed by atoms with Gasteiger partial charge in [0.15, 0.2) is 3.92 Å². The average molecular weight is 299 g/mol. The van der Waals surface area contributed by atoms with Crippen molar-refractivity contribution in [1.29, 1.82) is 0 Å². The number of anilines is 3. The smallest absolute Gasteiger partial charge is 0.210 e. The number of hydrogen-bond donors (Lipinski definition) is 1. The molecule has 0 saturated heterocycles. The summed E-state index contributed by atoms with van der Waals surface area (Å²) in [6.07, 6.45) is 0. The molecule has 2 rings (SSSR count). The van der Waals surface area contributed by atoms with Gasteiger partial charge < -0.3 is 10.2 Å². The van der Waals surface area contributed by atoms with E-state index in [2.05, 4.69) is 48.5 Å². The molecule has 0 radical (unpaired) electrons. The molecule has 0 spiro atoms. The fourth-order valence-electron chi connectivity index (χ4n) is 1.24. The molecule has 1 aromatic heterocycles. The molecule has 0 amide bonds. The monoisotopic (exact) mass is 298 g/mol. The molecular formula is C10H11BrN4S. The first-order chi connectivity index (χ1) is 7.65. The van der Waals surface area contributed by atoms with Gasteiger partial charge in [-0.15, -0.1) is 10.2 Å². The van der Waals surface area contributed by atoms with E-state index >= 15 is 0 Å². The molecule has 0 atom stereocenters. The number of halogens is 1. The lowest BCUT2D eigenvalue weighted by Crippen LogP contribution is -2.08. The third-order valence-corrected chi connectivity index (χ3v) is 3.29. The first-order valence-electron chi connectivity index (χ1n) is 4.68. The average Bonchev–Trinajstić information content (AvgIpc) is 2.64.